The Morgan fingerprint density at radius 3 is 3.00 bits per heavy atom. The highest BCUT2D eigenvalue weighted by molar-refractivity contribution is 8.14. The lowest BCUT2D eigenvalue weighted by molar-refractivity contribution is 0.156. The number of aryl methyl sites for hydroxylation is 1. The maximum absolute atomic E-state index is 8.86. The second kappa shape index (κ2) is 5.12. The van der Waals surface area contributed by atoms with Crippen LogP contribution < -0.4 is 4.74 Å². The van der Waals surface area contributed by atoms with Gasteiger partial charge in [0.05, 0.1) is 5.70 Å². The van der Waals surface area contributed by atoms with E-state index in [9.17, 15) is 0 Å². The quantitative estimate of drug-likeness (QED) is 0.746. The number of nitrogens with zero attached hydrogens (tertiary/aromatic N) is 3. The zero-order chi connectivity index (χ0) is 15.0. The van der Waals surface area contributed by atoms with E-state index in [-0.39, 0.29) is 5.60 Å². The number of thioether (sulfide) groups is 1. The molecule has 0 saturated carbocycles. The van der Waals surface area contributed by atoms with Crippen LogP contribution in [0.3, 0.4) is 0 Å². The lowest BCUT2D eigenvalue weighted by Gasteiger charge is -2.34. The minimum atomic E-state index is -0.372. The van der Waals surface area contributed by atoms with Crippen LogP contribution in [0.15, 0.2) is 29.3 Å². The van der Waals surface area contributed by atoms with Crippen LogP contribution in [0.4, 0.5) is 0 Å². The topological polar surface area (TPSA) is 48.6 Å². The molecule has 5 heteroatoms. The van der Waals surface area contributed by atoms with Crippen molar-refractivity contribution < 1.29 is 4.74 Å². The van der Waals surface area contributed by atoms with Crippen molar-refractivity contribution in [1.82, 2.24) is 4.90 Å². The van der Waals surface area contributed by atoms with Crippen molar-refractivity contribution in [1.29, 1.82) is 5.26 Å². The average molecular weight is 299 g/mol. The van der Waals surface area contributed by atoms with Crippen molar-refractivity contribution in [3.63, 3.8) is 0 Å². The fourth-order valence-electron chi connectivity index (χ4n) is 2.64. The van der Waals surface area contributed by atoms with Crippen LogP contribution in [0.25, 0.3) is 5.70 Å². The maximum atomic E-state index is 8.86. The van der Waals surface area contributed by atoms with Crippen molar-refractivity contribution in [3.8, 4) is 11.9 Å². The minimum Gasteiger partial charge on any atom is -0.483 e. The van der Waals surface area contributed by atoms with Gasteiger partial charge >= 0.3 is 0 Å². The lowest BCUT2D eigenvalue weighted by Crippen LogP contribution is -2.34. The molecule has 0 spiro atoms. The zero-order valence-corrected chi connectivity index (χ0v) is 13.2. The first-order valence-corrected chi connectivity index (χ1v) is 7.89. The molecule has 0 unspecified atom stereocenters. The fraction of sp³-hybridized carbons (Fsp3) is 0.375. The summed E-state index contributed by atoms with van der Waals surface area (Å²) < 4.78 is 6.04. The summed E-state index contributed by atoms with van der Waals surface area (Å²) in [6.45, 7) is 7.02. The van der Waals surface area contributed by atoms with Gasteiger partial charge in [-0.05, 0) is 39.0 Å². The van der Waals surface area contributed by atoms with E-state index < -0.39 is 0 Å². The van der Waals surface area contributed by atoms with Crippen LogP contribution >= 0.6 is 11.8 Å². The molecule has 108 valence electrons. The Kier molecular flexibility index (Phi) is 3.42. The third-order valence-corrected chi connectivity index (χ3v) is 4.44. The summed E-state index contributed by atoms with van der Waals surface area (Å²) in [6.07, 6.45) is 4.02. The van der Waals surface area contributed by atoms with E-state index in [0.717, 1.165) is 34.5 Å². The number of aliphatic imine (C=N–C) groups is 1. The highest BCUT2D eigenvalue weighted by Gasteiger charge is 2.32. The molecule has 0 amide bonds. The van der Waals surface area contributed by atoms with Crippen LogP contribution in [0, 0.1) is 18.4 Å². The van der Waals surface area contributed by atoms with Crippen molar-refractivity contribution in [2.24, 2.45) is 4.99 Å². The molecule has 0 radical (unpaired) electrons. The van der Waals surface area contributed by atoms with Gasteiger partial charge in [0.25, 0.3) is 0 Å². The summed E-state index contributed by atoms with van der Waals surface area (Å²) >= 11 is 1.62. The molecule has 2 aliphatic rings. The van der Waals surface area contributed by atoms with Crippen molar-refractivity contribution in [3.05, 3.63) is 35.4 Å². The molecule has 4 nitrogen and oxygen atoms in total. The van der Waals surface area contributed by atoms with Gasteiger partial charge in [-0.1, -0.05) is 23.4 Å². The summed E-state index contributed by atoms with van der Waals surface area (Å²) in [5.74, 6) is 1.83. The van der Waals surface area contributed by atoms with Crippen LogP contribution in [0.1, 0.15) is 25.0 Å². The van der Waals surface area contributed by atoms with Crippen LogP contribution in [-0.2, 0) is 0 Å². The standard InChI is InChI=1S/C16H17N3OS/c1-11-4-5-14-12(8-11)13(9-16(2,3)20-14)19-6-7-21-15(19)18-10-17/h4-5,8-9H,6-7H2,1-3H3/b18-15+. The summed E-state index contributed by atoms with van der Waals surface area (Å²) in [5.41, 5.74) is 2.97. The van der Waals surface area contributed by atoms with Crippen molar-refractivity contribution in [2.45, 2.75) is 26.4 Å². The van der Waals surface area contributed by atoms with Gasteiger partial charge in [0, 0.05) is 17.9 Å². The fourth-order valence-corrected chi connectivity index (χ4v) is 3.54. The SMILES string of the molecule is Cc1ccc2c(c1)C(N1CCS/C1=N/C#N)=CC(C)(C)O2. The molecule has 0 N–H and O–H groups in total. The monoisotopic (exact) mass is 299 g/mol. The molecule has 2 heterocycles. The number of hydrogen-bond donors (Lipinski definition) is 0. The van der Waals surface area contributed by atoms with Crippen LogP contribution in [-0.4, -0.2) is 28.0 Å². The van der Waals surface area contributed by atoms with Crippen LogP contribution in [0.2, 0.25) is 0 Å². The van der Waals surface area contributed by atoms with Gasteiger partial charge in [-0.3, -0.25) is 0 Å². The van der Waals surface area contributed by atoms with Gasteiger partial charge in [-0.15, -0.1) is 4.99 Å². The number of hydrogen-bond acceptors (Lipinski definition) is 4. The van der Waals surface area contributed by atoms with Gasteiger partial charge in [-0.25, -0.2) is 0 Å². The Balaban J connectivity index is 2.12. The number of ether oxygens (including phenoxy) is 1. The molecule has 0 aromatic heterocycles. The van der Waals surface area contributed by atoms with E-state index >= 15 is 0 Å². The third-order valence-electron chi connectivity index (χ3n) is 3.48. The Morgan fingerprint density at radius 2 is 2.24 bits per heavy atom. The molecule has 0 atom stereocenters. The summed E-state index contributed by atoms with van der Waals surface area (Å²) in [4.78, 5) is 6.07. The van der Waals surface area contributed by atoms with E-state index in [0.29, 0.717) is 0 Å². The predicted molar refractivity (Wildman–Crippen MR) is 86.1 cm³/mol. The van der Waals surface area contributed by atoms with E-state index in [1.54, 1.807) is 11.8 Å². The van der Waals surface area contributed by atoms with E-state index in [1.807, 2.05) is 26.1 Å². The molecular weight excluding hydrogens is 282 g/mol. The third kappa shape index (κ3) is 2.64. The van der Waals surface area contributed by atoms with Crippen LogP contribution in [0.5, 0.6) is 5.75 Å². The molecule has 21 heavy (non-hydrogen) atoms. The number of rotatable bonds is 1. The molecule has 2 aliphatic heterocycles. The first kappa shape index (κ1) is 14.0. The van der Waals surface area contributed by atoms with Gasteiger partial charge < -0.3 is 9.64 Å². The summed E-state index contributed by atoms with van der Waals surface area (Å²) in [6, 6.07) is 6.20. The molecule has 3 rings (SSSR count). The van der Waals surface area contributed by atoms with Gasteiger partial charge in [-0.2, -0.15) is 5.26 Å². The number of nitriles is 1. The Hall–Kier alpha value is -1.93. The largest absolute Gasteiger partial charge is 0.483 e. The smallest absolute Gasteiger partial charge is 0.208 e. The highest BCUT2D eigenvalue weighted by Crippen LogP contribution is 2.40. The van der Waals surface area contributed by atoms with Gasteiger partial charge in [0.15, 0.2) is 5.17 Å². The molecule has 1 aromatic carbocycles. The second-order valence-corrected chi connectivity index (χ2v) is 6.79. The van der Waals surface area contributed by atoms with E-state index in [1.165, 1.54) is 5.56 Å². The number of amidine groups is 1. The zero-order valence-electron chi connectivity index (χ0n) is 12.4. The maximum Gasteiger partial charge on any atom is 0.208 e. The molecular formula is C16H17N3OS. The molecule has 0 aliphatic carbocycles. The first-order chi connectivity index (χ1) is 10.00. The van der Waals surface area contributed by atoms with Crippen molar-refractivity contribution in [2.75, 3.05) is 12.3 Å². The molecule has 0 bridgehead atoms. The Morgan fingerprint density at radius 1 is 1.43 bits per heavy atom. The van der Waals surface area contributed by atoms with Crippen molar-refractivity contribution >= 4 is 22.6 Å². The lowest BCUT2D eigenvalue weighted by atomic mass is 9.97. The highest BCUT2D eigenvalue weighted by atomic mass is 32.2. The predicted octanol–water partition coefficient (Wildman–Crippen LogP) is 3.39. The minimum absolute atomic E-state index is 0.372. The number of fused-ring (bicyclic) bond motifs is 1. The van der Waals surface area contributed by atoms with Gasteiger partial charge in [0.1, 0.15) is 11.4 Å². The number of benzene rings is 1. The van der Waals surface area contributed by atoms with E-state index in [2.05, 4.69) is 35.0 Å². The Bertz CT molecular complexity index is 685. The molecule has 1 saturated heterocycles. The first-order valence-electron chi connectivity index (χ1n) is 6.90. The van der Waals surface area contributed by atoms with Gasteiger partial charge in [0.2, 0.25) is 6.19 Å². The average Bonchev–Trinajstić information content (AvgIpc) is 2.86. The molecule has 1 fully saturated rings. The second-order valence-electron chi connectivity index (χ2n) is 5.73. The Labute approximate surface area is 129 Å². The summed E-state index contributed by atoms with van der Waals surface area (Å²) in [5, 5.41) is 9.64. The summed E-state index contributed by atoms with van der Waals surface area (Å²) in [7, 11) is 0. The molecule has 1 aromatic rings. The van der Waals surface area contributed by atoms with E-state index in [4.69, 9.17) is 10.00 Å². The normalized spacial score (nSPS) is 21.5.